The van der Waals surface area contributed by atoms with Crippen molar-refractivity contribution < 1.29 is 19.4 Å². The number of carbonyl (C=O) groups is 2. The van der Waals surface area contributed by atoms with E-state index in [0.29, 0.717) is 12.3 Å². The highest BCUT2D eigenvalue weighted by atomic mass is 16.5. The fourth-order valence-corrected chi connectivity index (χ4v) is 5.37. The number of carbonyl (C=O) groups excluding carboxylic acids is 2. The zero-order valence-electron chi connectivity index (χ0n) is 17.3. The Morgan fingerprint density at radius 1 is 1.29 bits per heavy atom. The third-order valence-corrected chi connectivity index (χ3v) is 6.82. The zero-order chi connectivity index (χ0) is 20.5. The first-order chi connectivity index (χ1) is 13.2. The standard InChI is InChI=1S/C24H32O4/c1-15(2)21-19(28-20(26)13-11-17-8-6-5-7-9-17)14-24(4)18(12-10-16(3)25)22(24)23(21)27/h5-9,11,13,15,18-19,21-23,27H,10,12,14H2,1-4H3. The Hall–Kier alpha value is -1.94. The maximum Gasteiger partial charge on any atom is 0.331 e. The van der Waals surface area contributed by atoms with Crippen molar-refractivity contribution in [2.75, 3.05) is 0 Å². The average molecular weight is 385 g/mol. The van der Waals surface area contributed by atoms with Crippen LogP contribution < -0.4 is 0 Å². The number of Topliss-reactive ketones (excluding diaryl/α,β-unsaturated/α-hetero) is 1. The maximum absolute atomic E-state index is 12.4. The smallest absolute Gasteiger partial charge is 0.331 e. The fraction of sp³-hybridized carbons (Fsp3) is 0.583. The molecule has 4 heteroatoms. The van der Waals surface area contributed by atoms with Gasteiger partial charge in [0.25, 0.3) is 0 Å². The zero-order valence-corrected chi connectivity index (χ0v) is 17.3. The third-order valence-electron chi connectivity index (χ3n) is 6.82. The van der Waals surface area contributed by atoms with Gasteiger partial charge >= 0.3 is 5.97 Å². The van der Waals surface area contributed by atoms with Gasteiger partial charge in [0.15, 0.2) is 0 Å². The molecule has 1 aromatic rings. The number of esters is 1. The van der Waals surface area contributed by atoms with Crippen molar-refractivity contribution >= 4 is 17.8 Å². The van der Waals surface area contributed by atoms with Gasteiger partial charge in [0, 0.05) is 18.4 Å². The number of ketones is 1. The second-order valence-corrected chi connectivity index (χ2v) is 9.11. The monoisotopic (exact) mass is 384 g/mol. The van der Waals surface area contributed by atoms with Gasteiger partial charge in [0.1, 0.15) is 11.9 Å². The molecule has 0 spiro atoms. The average Bonchev–Trinajstić information content (AvgIpc) is 3.23. The first-order valence-corrected chi connectivity index (χ1v) is 10.3. The largest absolute Gasteiger partial charge is 0.459 e. The number of benzene rings is 1. The van der Waals surface area contributed by atoms with Crippen molar-refractivity contribution in [3.63, 3.8) is 0 Å². The van der Waals surface area contributed by atoms with Crippen molar-refractivity contribution in [2.24, 2.45) is 29.1 Å². The van der Waals surface area contributed by atoms with Gasteiger partial charge in [-0.15, -0.1) is 0 Å². The predicted octanol–water partition coefficient (Wildman–Crippen LogP) is 4.27. The minimum atomic E-state index is -0.494. The molecule has 0 amide bonds. The fourth-order valence-electron chi connectivity index (χ4n) is 5.37. The van der Waals surface area contributed by atoms with Crippen LogP contribution in [0, 0.1) is 29.1 Å². The molecular formula is C24H32O4. The summed E-state index contributed by atoms with van der Waals surface area (Å²) in [5.41, 5.74) is 0.899. The van der Waals surface area contributed by atoms with E-state index < -0.39 is 6.10 Å². The van der Waals surface area contributed by atoms with Gasteiger partial charge in [-0.25, -0.2) is 4.79 Å². The van der Waals surface area contributed by atoms with Crippen LogP contribution in [0.4, 0.5) is 0 Å². The van der Waals surface area contributed by atoms with Gasteiger partial charge < -0.3 is 14.6 Å². The molecule has 1 N–H and O–H groups in total. The summed E-state index contributed by atoms with van der Waals surface area (Å²) in [6.45, 7) is 7.93. The van der Waals surface area contributed by atoms with Crippen LogP contribution in [0.1, 0.15) is 52.5 Å². The normalized spacial score (nSPS) is 34.3. The highest BCUT2D eigenvalue weighted by Crippen LogP contribution is 2.69. The molecule has 0 saturated heterocycles. The number of hydrogen-bond donors (Lipinski definition) is 1. The number of ether oxygens (including phenoxy) is 1. The summed E-state index contributed by atoms with van der Waals surface area (Å²) in [7, 11) is 0. The molecule has 2 aliphatic rings. The van der Waals surface area contributed by atoms with E-state index in [1.165, 1.54) is 6.08 Å². The number of aliphatic hydroxyl groups is 1. The molecule has 6 atom stereocenters. The first-order valence-electron chi connectivity index (χ1n) is 10.3. The van der Waals surface area contributed by atoms with Crippen LogP contribution in [0.5, 0.6) is 0 Å². The summed E-state index contributed by atoms with van der Waals surface area (Å²) in [6, 6.07) is 9.64. The molecule has 2 fully saturated rings. The molecule has 3 rings (SSSR count). The molecular weight excluding hydrogens is 352 g/mol. The number of fused-ring (bicyclic) bond motifs is 1. The van der Waals surface area contributed by atoms with E-state index in [4.69, 9.17) is 4.74 Å². The molecule has 0 radical (unpaired) electrons. The molecule has 4 nitrogen and oxygen atoms in total. The van der Waals surface area contributed by atoms with Crippen LogP contribution in [0.25, 0.3) is 6.08 Å². The van der Waals surface area contributed by atoms with Crippen molar-refractivity contribution in [1.82, 2.24) is 0 Å². The van der Waals surface area contributed by atoms with Gasteiger partial charge in [0.2, 0.25) is 0 Å². The van der Waals surface area contributed by atoms with E-state index in [1.54, 1.807) is 13.0 Å². The van der Waals surface area contributed by atoms with Crippen LogP contribution in [0.15, 0.2) is 36.4 Å². The van der Waals surface area contributed by atoms with Crippen LogP contribution >= 0.6 is 0 Å². The lowest BCUT2D eigenvalue weighted by atomic mass is 9.73. The van der Waals surface area contributed by atoms with Crippen molar-refractivity contribution in [3.05, 3.63) is 42.0 Å². The summed E-state index contributed by atoms with van der Waals surface area (Å²) in [5.74, 6) is 0.495. The molecule has 0 aliphatic heterocycles. The van der Waals surface area contributed by atoms with E-state index in [0.717, 1.165) is 18.4 Å². The van der Waals surface area contributed by atoms with Gasteiger partial charge in [-0.05, 0) is 54.6 Å². The maximum atomic E-state index is 12.4. The summed E-state index contributed by atoms with van der Waals surface area (Å²) >= 11 is 0. The Kier molecular flexibility index (Phi) is 6.09. The van der Waals surface area contributed by atoms with E-state index in [2.05, 4.69) is 20.8 Å². The predicted molar refractivity (Wildman–Crippen MR) is 109 cm³/mol. The molecule has 0 heterocycles. The van der Waals surface area contributed by atoms with Gasteiger partial charge in [-0.3, -0.25) is 0 Å². The van der Waals surface area contributed by atoms with E-state index in [9.17, 15) is 14.7 Å². The highest BCUT2D eigenvalue weighted by molar-refractivity contribution is 5.87. The summed E-state index contributed by atoms with van der Waals surface area (Å²) in [4.78, 5) is 23.8. The Morgan fingerprint density at radius 3 is 2.57 bits per heavy atom. The number of hydrogen-bond acceptors (Lipinski definition) is 4. The Bertz CT molecular complexity index is 738. The number of rotatable bonds is 7. The van der Waals surface area contributed by atoms with Gasteiger partial charge in [-0.2, -0.15) is 0 Å². The third kappa shape index (κ3) is 4.22. The number of aliphatic hydroxyl groups excluding tert-OH is 1. The topological polar surface area (TPSA) is 63.6 Å². The highest BCUT2D eigenvalue weighted by Gasteiger charge is 2.69. The lowest BCUT2D eigenvalue weighted by Gasteiger charge is -2.39. The lowest BCUT2D eigenvalue weighted by Crippen LogP contribution is -2.45. The first kappa shape index (κ1) is 20.8. The molecule has 6 unspecified atom stereocenters. The van der Waals surface area contributed by atoms with E-state index in [1.807, 2.05) is 30.3 Å². The second kappa shape index (κ2) is 8.20. The Morgan fingerprint density at radius 2 is 1.96 bits per heavy atom. The van der Waals surface area contributed by atoms with Crippen LogP contribution in [0.3, 0.4) is 0 Å². The lowest BCUT2D eigenvalue weighted by molar-refractivity contribution is -0.156. The summed E-state index contributed by atoms with van der Waals surface area (Å²) in [6.07, 6.45) is 4.55. The van der Waals surface area contributed by atoms with E-state index >= 15 is 0 Å². The molecule has 2 saturated carbocycles. The molecule has 0 aromatic heterocycles. The van der Waals surface area contributed by atoms with Crippen molar-refractivity contribution in [3.8, 4) is 0 Å². The van der Waals surface area contributed by atoms with Crippen molar-refractivity contribution in [1.29, 1.82) is 0 Å². The van der Waals surface area contributed by atoms with Gasteiger partial charge in [-0.1, -0.05) is 51.1 Å². The van der Waals surface area contributed by atoms with Crippen LogP contribution in [-0.2, 0) is 14.3 Å². The minimum Gasteiger partial charge on any atom is -0.459 e. The Labute approximate surface area is 168 Å². The van der Waals surface area contributed by atoms with Crippen LogP contribution in [0.2, 0.25) is 0 Å². The Balaban J connectivity index is 1.70. The van der Waals surface area contributed by atoms with E-state index in [-0.39, 0.29) is 41.0 Å². The SMILES string of the molecule is CC(=O)CCC1C2C(O)C(C(C)C)C(OC(=O)C=Cc3ccccc3)CC12C. The molecule has 1 aromatic carbocycles. The minimum absolute atomic E-state index is 0.0473. The van der Waals surface area contributed by atoms with Crippen molar-refractivity contribution in [2.45, 2.75) is 59.2 Å². The quantitative estimate of drug-likeness (QED) is 0.563. The molecule has 0 bridgehead atoms. The molecule has 152 valence electrons. The second-order valence-electron chi connectivity index (χ2n) is 9.11. The summed E-state index contributed by atoms with van der Waals surface area (Å²) in [5, 5.41) is 11.0. The van der Waals surface area contributed by atoms with Crippen LogP contribution in [-0.4, -0.2) is 29.1 Å². The molecule has 28 heavy (non-hydrogen) atoms. The summed E-state index contributed by atoms with van der Waals surface area (Å²) < 4.78 is 5.84. The molecule has 2 aliphatic carbocycles. The van der Waals surface area contributed by atoms with Gasteiger partial charge in [0.05, 0.1) is 6.10 Å².